The lowest BCUT2D eigenvalue weighted by Crippen LogP contribution is -2.41. The molecule has 5 heteroatoms. The predicted octanol–water partition coefficient (Wildman–Crippen LogP) is 3.29. The summed E-state index contributed by atoms with van der Waals surface area (Å²) in [6.07, 6.45) is 2.94. The highest BCUT2D eigenvalue weighted by Gasteiger charge is 2.24. The lowest BCUT2D eigenvalue weighted by Gasteiger charge is -2.30. The summed E-state index contributed by atoms with van der Waals surface area (Å²) >= 11 is 0. The number of hydrogen-bond donors (Lipinski definition) is 1. The van der Waals surface area contributed by atoms with Gasteiger partial charge in [0.2, 0.25) is 5.91 Å². The van der Waals surface area contributed by atoms with Gasteiger partial charge in [0.25, 0.3) is 0 Å². The average Bonchev–Trinajstić information content (AvgIpc) is 2.78. The summed E-state index contributed by atoms with van der Waals surface area (Å²) in [6, 6.07) is 18.9. The second kappa shape index (κ2) is 10.8. The minimum absolute atomic E-state index is 0.0739. The number of esters is 1. The molecule has 2 aromatic rings. The van der Waals surface area contributed by atoms with Crippen LogP contribution in [0.15, 0.2) is 54.6 Å². The number of benzene rings is 2. The number of ether oxygens (including phenoxy) is 1. The van der Waals surface area contributed by atoms with Crippen molar-refractivity contribution in [1.82, 2.24) is 10.2 Å². The maximum absolute atomic E-state index is 12.4. The van der Waals surface area contributed by atoms with Crippen LogP contribution < -0.4 is 5.32 Å². The molecule has 5 nitrogen and oxygen atoms in total. The molecule has 0 unspecified atom stereocenters. The molecule has 2 aromatic carbocycles. The van der Waals surface area contributed by atoms with Crippen LogP contribution in [-0.2, 0) is 20.7 Å². The monoisotopic (exact) mass is 394 g/mol. The largest absolute Gasteiger partial charge is 0.469 e. The van der Waals surface area contributed by atoms with Crippen molar-refractivity contribution in [2.75, 3.05) is 33.3 Å². The average molecular weight is 395 g/mol. The van der Waals surface area contributed by atoms with Crippen LogP contribution in [0, 0.1) is 5.92 Å². The summed E-state index contributed by atoms with van der Waals surface area (Å²) in [4.78, 5) is 25.9. The molecule has 3 rings (SSSR count). The molecule has 0 radical (unpaired) electrons. The number of nitrogens with zero attached hydrogens (tertiary/aromatic N) is 1. The van der Waals surface area contributed by atoms with Crippen molar-refractivity contribution in [3.8, 4) is 11.1 Å². The van der Waals surface area contributed by atoms with Crippen molar-refractivity contribution in [1.29, 1.82) is 0 Å². The molecule has 29 heavy (non-hydrogen) atoms. The first-order valence-corrected chi connectivity index (χ1v) is 10.4. The summed E-state index contributed by atoms with van der Waals surface area (Å²) < 4.78 is 4.68. The van der Waals surface area contributed by atoms with Crippen molar-refractivity contribution >= 4 is 11.9 Å². The van der Waals surface area contributed by atoms with Crippen LogP contribution in [0.25, 0.3) is 11.1 Å². The lowest BCUT2D eigenvalue weighted by atomic mass is 9.95. The topological polar surface area (TPSA) is 58.6 Å². The van der Waals surface area contributed by atoms with Crippen molar-refractivity contribution in [3.05, 3.63) is 60.2 Å². The van der Waals surface area contributed by atoms with Gasteiger partial charge in [-0.3, -0.25) is 9.59 Å². The Kier molecular flexibility index (Phi) is 7.82. The second-order valence-corrected chi connectivity index (χ2v) is 7.55. The fraction of sp³-hybridized carbons (Fsp3) is 0.417. The van der Waals surface area contributed by atoms with Crippen LogP contribution in [0.5, 0.6) is 0 Å². The van der Waals surface area contributed by atoms with E-state index in [1.165, 1.54) is 23.8 Å². The predicted molar refractivity (Wildman–Crippen MR) is 114 cm³/mol. The number of rotatable bonds is 8. The molecule has 1 N–H and O–H groups in total. The number of amides is 1. The van der Waals surface area contributed by atoms with Crippen molar-refractivity contribution in [2.24, 2.45) is 5.92 Å². The van der Waals surface area contributed by atoms with E-state index >= 15 is 0 Å². The van der Waals surface area contributed by atoms with Gasteiger partial charge < -0.3 is 15.0 Å². The maximum atomic E-state index is 12.4. The molecule has 0 aliphatic carbocycles. The standard InChI is InChI=1S/C24H30N2O3/c1-29-23(27)14-18-26-16-12-22(13-17-26)24(28)25-15-11-19-7-9-21(10-8-19)20-5-3-2-4-6-20/h2-10,22H,11-18H2,1H3,(H,25,28). The van der Waals surface area contributed by atoms with Gasteiger partial charge in [0.1, 0.15) is 0 Å². The molecule has 1 amide bonds. The quantitative estimate of drug-likeness (QED) is 0.698. The molecule has 154 valence electrons. The van der Waals surface area contributed by atoms with E-state index in [1.807, 2.05) is 18.2 Å². The molecular weight excluding hydrogens is 364 g/mol. The third-order valence-electron chi connectivity index (χ3n) is 5.59. The lowest BCUT2D eigenvalue weighted by molar-refractivity contribution is -0.141. The molecule has 0 aromatic heterocycles. The molecule has 0 bridgehead atoms. The number of carbonyl (C=O) groups excluding carboxylic acids is 2. The van der Waals surface area contributed by atoms with Gasteiger partial charge in [-0.2, -0.15) is 0 Å². The summed E-state index contributed by atoms with van der Waals surface area (Å²) in [5.41, 5.74) is 3.64. The van der Waals surface area contributed by atoms with Crippen LogP contribution in [0.1, 0.15) is 24.8 Å². The molecular formula is C24H30N2O3. The fourth-order valence-corrected chi connectivity index (χ4v) is 3.74. The molecule has 1 saturated heterocycles. The van der Waals surface area contributed by atoms with Crippen molar-refractivity contribution in [2.45, 2.75) is 25.7 Å². The number of piperidine rings is 1. The Morgan fingerprint density at radius 2 is 1.66 bits per heavy atom. The first kappa shape index (κ1) is 21.1. The second-order valence-electron chi connectivity index (χ2n) is 7.55. The highest BCUT2D eigenvalue weighted by Crippen LogP contribution is 2.20. The molecule has 1 heterocycles. The van der Waals surface area contributed by atoms with E-state index < -0.39 is 0 Å². The number of methoxy groups -OCH3 is 1. The third kappa shape index (κ3) is 6.43. The summed E-state index contributed by atoms with van der Waals surface area (Å²) in [6.45, 7) is 3.08. The fourth-order valence-electron chi connectivity index (χ4n) is 3.74. The van der Waals surface area contributed by atoms with E-state index in [9.17, 15) is 9.59 Å². The Hall–Kier alpha value is -2.66. The Morgan fingerprint density at radius 1 is 1.00 bits per heavy atom. The van der Waals surface area contributed by atoms with Gasteiger partial charge in [-0.15, -0.1) is 0 Å². The number of hydrogen-bond acceptors (Lipinski definition) is 4. The first-order valence-electron chi connectivity index (χ1n) is 10.4. The third-order valence-corrected chi connectivity index (χ3v) is 5.59. The molecule has 0 spiro atoms. The SMILES string of the molecule is COC(=O)CCN1CCC(C(=O)NCCc2ccc(-c3ccccc3)cc2)CC1. The zero-order valence-electron chi connectivity index (χ0n) is 17.1. The normalized spacial score (nSPS) is 15.1. The smallest absolute Gasteiger partial charge is 0.306 e. The van der Waals surface area contributed by atoms with Gasteiger partial charge in [0, 0.05) is 19.0 Å². The van der Waals surface area contributed by atoms with E-state index in [0.717, 1.165) is 32.4 Å². The zero-order chi connectivity index (χ0) is 20.5. The highest BCUT2D eigenvalue weighted by atomic mass is 16.5. The first-order chi connectivity index (χ1) is 14.2. The molecule has 0 saturated carbocycles. The van der Waals surface area contributed by atoms with Crippen molar-refractivity contribution < 1.29 is 14.3 Å². The van der Waals surface area contributed by atoms with E-state index in [4.69, 9.17) is 0 Å². The Balaban J connectivity index is 1.36. The number of nitrogens with one attached hydrogen (secondary N) is 1. The summed E-state index contributed by atoms with van der Waals surface area (Å²) in [5, 5.41) is 3.09. The Bertz CT molecular complexity index is 782. The molecule has 1 aliphatic heterocycles. The van der Waals surface area contributed by atoms with Crippen LogP contribution in [0.3, 0.4) is 0 Å². The van der Waals surface area contributed by atoms with Crippen LogP contribution >= 0.6 is 0 Å². The Morgan fingerprint density at radius 3 is 2.31 bits per heavy atom. The highest BCUT2D eigenvalue weighted by molar-refractivity contribution is 5.78. The van der Waals surface area contributed by atoms with Crippen molar-refractivity contribution in [3.63, 3.8) is 0 Å². The van der Waals surface area contributed by atoms with Gasteiger partial charge in [-0.25, -0.2) is 0 Å². The zero-order valence-corrected chi connectivity index (χ0v) is 17.1. The van der Waals surface area contributed by atoms with Crippen LogP contribution in [-0.4, -0.2) is 50.1 Å². The van der Waals surface area contributed by atoms with E-state index in [2.05, 4.69) is 51.4 Å². The molecule has 0 atom stereocenters. The van der Waals surface area contributed by atoms with Gasteiger partial charge in [-0.1, -0.05) is 54.6 Å². The van der Waals surface area contributed by atoms with Gasteiger partial charge in [0.15, 0.2) is 0 Å². The summed E-state index contributed by atoms with van der Waals surface area (Å²) in [7, 11) is 1.41. The van der Waals surface area contributed by atoms with E-state index in [-0.39, 0.29) is 17.8 Å². The van der Waals surface area contributed by atoms with Crippen LogP contribution in [0.4, 0.5) is 0 Å². The molecule has 1 fully saturated rings. The minimum atomic E-state index is -0.179. The Labute approximate surface area is 173 Å². The van der Waals surface area contributed by atoms with Gasteiger partial charge in [-0.05, 0) is 49.0 Å². The molecule has 1 aliphatic rings. The van der Waals surface area contributed by atoms with E-state index in [0.29, 0.717) is 19.5 Å². The number of carbonyl (C=O) groups is 2. The van der Waals surface area contributed by atoms with Gasteiger partial charge in [0.05, 0.1) is 13.5 Å². The van der Waals surface area contributed by atoms with Gasteiger partial charge >= 0.3 is 5.97 Å². The maximum Gasteiger partial charge on any atom is 0.306 e. The van der Waals surface area contributed by atoms with Crippen LogP contribution in [0.2, 0.25) is 0 Å². The minimum Gasteiger partial charge on any atom is -0.469 e. The van der Waals surface area contributed by atoms with E-state index in [1.54, 1.807) is 0 Å². The summed E-state index contributed by atoms with van der Waals surface area (Å²) in [5.74, 6) is 0.0463. The number of likely N-dealkylation sites (tertiary alicyclic amines) is 1.